The van der Waals surface area contributed by atoms with Crippen molar-refractivity contribution in [1.82, 2.24) is 4.98 Å². The molecule has 1 aromatic rings. The van der Waals surface area contributed by atoms with Gasteiger partial charge in [0, 0.05) is 4.88 Å². The average Bonchev–Trinajstić information content (AvgIpc) is 2.14. The van der Waals surface area contributed by atoms with Crippen LogP contribution in [-0.4, -0.2) is 4.98 Å². The highest BCUT2D eigenvalue weighted by Gasteiger charge is 1.99. The third kappa shape index (κ3) is 1.36. The number of aromatic nitrogens is 1. The highest BCUT2D eigenvalue weighted by atomic mass is 32.1. The number of aryl methyl sites for hydroxylation is 2. The number of rotatable bonds is 2. The molecule has 0 aliphatic rings. The predicted octanol–water partition coefficient (Wildman–Crippen LogP) is 2.32. The summed E-state index contributed by atoms with van der Waals surface area (Å²) in [6.07, 6.45) is 1.64. The molecule has 0 atom stereocenters. The van der Waals surface area contributed by atoms with E-state index in [0.29, 0.717) is 0 Å². The van der Waals surface area contributed by atoms with Gasteiger partial charge in [0.15, 0.2) is 5.13 Å². The van der Waals surface area contributed by atoms with E-state index in [1.165, 1.54) is 4.88 Å². The van der Waals surface area contributed by atoms with Gasteiger partial charge < -0.3 is 5.32 Å². The Hall–Kier alpha value is -0.830. The summed E-state index contributed by atoms with van der Waals surface area (Å²) in [5.41, 5.74) is 1.09. The maximum Gasteiger partial charge on any atom is 0.187 e. The first kappa shape index (κ1) is 7.28. The van der Waals surface area contributed by atoms with Crippen LogP contribution in [0.5, 0.6) is 0 Å². The maximum absolute atomic E-state index is 4.24. The third-order valence-corrected chi connectivity index (χ3v) is 2.26. The van der Waals surface area contributed by atoms with Gasteiger partial charge in [0.1, 0.15) is 0 Å². The molecule has 1 aromatic heterocycles. The van der Waals surface area contributed by atoms with Crippen LogP contribution in [0.3, 0.4) is 0 Å². The lowest BCUT2D eigenvalue weighted by Crippen LogP contribution is -1.83. The van der Waals surface area contributed by atoms with Crippen molar-refractivity contribution in [3.8, 4) is 0 Å². The molecule has 0 unspecified atom stereocenters. The van der Waals surface area contributed by atoms with E-state index < -0.39 is 0 Å². The molecular weight excluding hydrogens is 144 g/mol. The van der Waals surface area contributed by atoms with E-state index in [9.17, 15) is 0 Å². The third-order valence-electron chi connectivity index (χ3n) is 1.25. The molecule has 0 fully saturated rings. The van der Waals surface area contributed by atoms with Crippen molar-refractivity contribution in [3.63, 3.8) is 0 Å². The first-order chi connectivity index (χ1) is 4.74. The van der Waals surface area contributed by atoms with Crippen molar-refractivity contribution in [2.45, 2.75) is 13.8 Å². The van der Waals surface area contributed by atoms with Crippen LogP contribution in [0.25, 0.3) is 0 Å². The largest absolute Gasteiger partial charge is 0.339 e. The van der Waals surface area contributed by atoms with Gasteiger partial charge in [-0.25, -0.2) is 4.98 Å². The van der Waals surface area contributed by atoms with Gasteiger partial charge in [0.2, 0.25) is 0 Å². The summed E-state index contributed by atoms with van der Waals surface area (Å²) in [4.78, 5) is 5.49. The summed E-state index contributed by atoms with van der Waals surface area (Å²) in [5.74, 6) is 0. The molecule has 0 bridgehead atoms. The van der Waals surface area contributed by atoms with Crippen LogP contribution in [0.2, 0.25) is 0 Å². The number of anilines is 1. The minimum absolute atomic E-state index is 0.921. The second-order valence-electron chi connectivity index (χ2n) is 2.01. The predicted molar refractivity (Wildman–Crippen MR) is 45.4 cm³/mol. The lowest BCUT2D eigenvalue weighted by atomic mass is 10.4. The quantitative estimate of drug-likeness (QED) is 0.707. The summed E-state index contributed by atoms with van der Waals surface area (Å²) in [5, 5.41) is 3.86. The first-order valence-electron chi connectivity index (χ1n) is 3.05. The van der Waals surface area contributed by atoms with E-state index in [-0.39, 0.29) is 0 Å². The Morgan fingerprint density at radius 2 is 2.30 bits per heavy atom. The Balaban J connectivity index is 2.86. The molecule has 0 amide bonds. The summed E-state index contributed by atoms with van der Waals surface area (Å²) >= 11 is 1.65. The van der Waals surface area contributed by atoms with Crippen LogP contribution in [0.15, 0.2) is 12.8 Å². The molecule has 10 heavy (non-hydrogen) atoms. The molecule has 1 rings (SSSR count). The van der Waals surface area contributed by atoms with Crippen molar-refractivity contribution in [1.29, 1.82) is 0 Å². The first-order valence-corrected chi connectivity index (χ1v) is 3.87. The standard InChI is InChI=1S/C7H10N2S/c1-4-8-7-9-5(2)6(3)10-7/h4H,1H2,2-3H3,(H,8,9). The Bertz CT molecular complexity index is 220. The molecule has 1 N–H and O–H groups in total. The molecule has 0 saturated carbocycles. The van der Waals surface area contributed by atoms with Gasteiger partial charge in [-0.2, -0.15) is 0 Å². The Morgan fingerprint density at radius 3 is 2.70 bits per heavy atom. The second-order valence-corrected chi connectivity index (χ2v) is 3.21. The highest BCUT2D eigenvalue weighted by molar-refractivity contribution is 7.15. The Labute approximate surface area is 64.6 Å². The molecule has 54 valence electrons. The smallest absolute Gasteiger partial charge is 0.187 e. The van der Waals surface area contributed by atoms with E-state index in [1.54, 1.807) is 17.5 Å². The van der Waals surface area contributed by atoms with E-state index in [4.69, 9.17) is 0 Å². The number of hydrogen-bond acceptors (Lipinski definition) is 3. The molecule has 0 aromatic carbocycles. The fourth-order valence-corrected chi connectivity index (χ4v) is 1.43. The van der Waals surface area contributed by atoms with Gasteiger partial charge in [-0.15, -0.1) is 11.3 Å². The van der Waals surface area contributed by atoms with Crippen molar-refractivity contribution in [2.24, 2.45) is 0 Å². The highest BCUT2D eigenvalue weighted by Crippen LogP contribution is 2.20. The lowest BCUT2D eigenvalue weighted by Gasteiger charge is -1.87. The molecule has 0 spiro atoms. The molecule has 3 heteroatoms. The van der Waals surface area contributed by atoms with Crippen LogP contribution >= 0.6 is 11.3 Å². The Kier molecular flexibility index (Phi) is 2.06. The summed E-state index contributed by atoms with van der Waals surface area (Å²) in [7, 11) is 0. The van der Waals surface area contributed by atoms with Crippen LogP contribution in [0.1, 0.15) is 10.6 Å². The van der Waals surface area contributed by atoms with E-state index in [0.717, 1.165) is 10.8 Å². The van der Waals surface area contributed by atoms with Crippen LogP contribution < -0.4 is 5.32 Å². The fourth-order valence-electron chi connectivity index (χ4n) is 0.622. The lowest BCUT2D eigenvalue weighted by molar-refractivity contribution is 1.23. The van der Waals surface area contributed by atoms with Gasteiger partial charge >= 0.3 is 0 Å². The zero-order chi connectivity index (χ0) is 7.56. The SMILES string of the molecule is C=CNc1nc(C)c(C)s1. The van der Waals surface area contributed by atoms with Gasteiger partial charge in [-0.1, -0.05) is 6.58 Å². The van der Waals surface area contributed by atoms with Gasteiger partial charge in [0.05, 0.1) is 5.69 Å². The fraction of sp³-hybridized carbons (Fsp3) is 0.286. The summed E-state index contributed by atoms with van der Waals surface area (Å²) in [6.45, 7) is 7.61. The second kappa shape index (κ2) is 2.84. The number of hydrogen-bond donors (Lipinski definition) is 1. The van der Waals surface area contributed by atoms with Gasteiger partial charge in [-0.3, -0.25) is 0 Å². The normalized spacial score (nSPS) is 9.40. The Morgan fingerprint density at radius 1 is 1.60 bits per heavy atom. The van der Waals surface area contributed by atoms with Crippen LogP contribution in [0, 0.1) is 13.8 Å². The molecule has 1 heterocycles. The van der Waals surface area contributed by atoms with E-state index in [1.807, 2.05) is 6.92 Å². The maximum atomic E-state index is 4.24. The minimum Gasteiger partial charge on any atom is -0.339 e. The van der Waals surface area contributed by atoms with E-state index in [2.05, 4.69) is 23.8 Å². The van der Waals surface area contributed by atoms with E-state index >= 15 is 0 Å². The topological polar surface area (TPSA) is 24.9 Å². The molecular formula is C7H10N2S. The monoisotopic (exact) mass is 154 g/mol. The summed E-state index contributed by atoms with van der Waals surface area (Å²) in [6, 6.07) is 0. The molecule has 0 saturated heterocycles. The summed E-state index contributed by atoms with van der Waals surface area (Å²) < 4.78 is 0. The molecule has 2 nitrogen and oxygen atoms in total. The van der Waals surface area contributed by atoms with Gasteiger partial charge in [-0.05, 0) is 20.0 Å². The number of nitrogens with zero attached hydrogens (tertiary/aromatic N) is 1. The zero-order valence-corrected chi connectivity index (χ0v) is 6.96. The molecule has 0 radical (unpaired) electrons. The van der Waals surface area contributed by atoms with Crippen molar-refractivity contribution in [3.05, 3.63) is 23.3 Å². The minimum atomic E-state index is 0.921. The number of thiazole rings is 1. The zero-order valence-electron chi connectivity index (χ0n) is 6.14. The van der Waals surface area contributed by atoms with Crippen LogP contribution in [0.4, 0.5) is 5.13 Å². The van der Waals surface area contributed by atoms with Crippen molar-refractivity contribution in [2.75, 3.05) is 5.32 Å². The molecule has 0 aliphatic carbocycles. The van der Waals surface area contributed by atoms with Gasteiger partial charge in [0.25, 0.3) is 0 Å². The van der Waals surface area contributed by atoms with Crippen molar-refractivity contribution < 1.29 is 0 Å². The van der Waals surface area contributed by atoms with Crippen molar-refractivity contribution >= 4 is 16.5 Å². The average molecular weight is 154 g/mol. The van der Waals surface area contributed by atoms with Crippen LogP contribution in [-0.2, 0) is 0 Å². The number of nitrogens with one attached hydrogen (secondary N) is 1. The molecule has 0 aliphatic heterocycles.